The second kappa shape index (κ2) is 8.87. The van der Waals surface area contributed by atoms with Gasteiger partial charge in [-0.15, -0.1) is 0 Å². The van der Waals surface area contributed by atoms with Crippen molar-refractivity contribution in [3.8, 4) is 5.75 Å². The summed E-state index contributed by atoms with van der Waals surface area (Å²) in [6, 6.07) is 13.1. The lowest BCUT2D eigenvalue weighted by Crippen LogP contribution is -2.48. The van der Waals surface area contributed by atoms with Crippen molar-refractivity contribution in [1.29, 1.82) is 0 Å². The fourth-order valence-electron chi connectivity index (χ4n) is 3.36. The summed E-state index contributed by atoms with van der Waals surface area (Å²) in [6.45, 7) is 6.68. The number of rotatable bonds is 5. The summed E-state index contributed by atoms with van der Waals surface area (Å²) in [6.07, 6.45) is 0.958. The van der Waals surface area contributed by atoms with Crippen molar-refractivity contribution >= 4 is 17.6 Å². The van der Waals surface area contributed by atoms with Crippen molar-refractivity contribution in [2.24, 2.45) is 5.92 Å². The van der Waals surface area contributed by atoms with Crippen molar-refractivity contribution in [2.45, 2.75) is 39.7 Å². The van der Waals surface area contributed by atoms with Gasteiger partial charge in [-0.2, -0.15) is 0 Å². The smallest absolute Gasteiger partial charge is 0.263 e. The maximum absolute atomic E-state index is 12.8. The first kappa shape index (κ1) is 19.9. The number of aryl methyl sites for hydroxylation is 2. The molecule has 0 spiro atoms. The summed E-state index contributed by atoms with van der Waals surface area (Å²) in [5.41, 5.74) is 1.99. The van der Waals surface area contributed by atoms with Crippen molar-refractivity contribution < 1.29 is 14.3 Å². The molecule has 2 atom stereocenters. The minimum absolute atomic E-state index is 0.0910. The van der Waals surface area contributed by atoms with Gasteiger partial charge in [0.1, 0.15) is 11.6 Å². The Morgan fingerprint density at radius 3 is 2.64 bits per heavy atom. The summed E-state index contributed by atoms with van der Waals surface area (Å²) in [5, 5.41) is 2.87. The zero-order valence-electron chi connectivity index (χ0n) is 16.6. The molecule has 0 bridgehead atoms. The Balaban J connectivity index is 1.57. The van der Waals surface area contributed by atoms with Crippen molar-refractivity contribution in [3.63, 3.8) is 0 Å². The third-order valence-electron chi connectivity index (χ3n) is 4.93. The van der Waals surface area contributed by atoms with Crippen LogP contribution in [-0.4, -0.2) is 40.9 Å². The Labute approximate surface area is 165 Å². The lowest BCUT2D eigenvalue weighted by atomic mass is 9.96. The fraction of sp³-hybridized carbons (Fsp3) is 0.409. The molecule has 1 aliphatic rings. The Hall–Kier alpha value is -2.89. The van der Waals surface area contributed by atoms with Crippen LogP contribution >= 0.6 is 0 Å². The lowest BCUT2D eigenvalue weighted by molar-refractivity contribution is -0.140. The van der Waals surface area contributed by atoms with E-state index < -0.39 is 6.10 Å². The van der Waals surface area contributed by atoms with E-state index in [1.165, 1.54) is 0 Å². The molecule has 2 unspecified atom stereocenters. The predicted molar refractivity (Wildman–Crippen MR) is 108 cm³/mol. The molecule has 0 saturated carbocycles. The number of nitrogens with zero attached hydrogens (tertiary/aromatic N) is 2. The second-order valence-corrected chi connectivity index (χ2v) is 7.35. The molecular formula is C22H27N3O3. The van der Waals surface area contributed by atoms with Gasteiger partial charge in [-0.05, 0) is 57.9 Å². The molecule has 6 heteroatoms. The van der Waals surface area contributed by atoms with Gasteiger partial charge in [0.25, 0.3) is 5.91 Å². The van der Waals surface area contributed by atoms with Crippen LogP contribution in [0.2, 0.25) is 0 Å². The number of nitrogens with one attached hydrogen (secondary N) is 1. The molecule has 1 saturated heterocycles. The van der Waals surface area contributed by atoms with Crippen LogP contribution in [0.15, 0.2) is 42.5 Å². The largest absolute Gasteiger partial charge is 0.481 e. The Bertz CT molecular complexity index is 835. The summed E-state index contributed by atoms with van der Waals surface area (Å²) >= 11 is 0. The quantitative estimate of drug-likeness (QED) is 0.862. The van der Waals surface area contributed by atoms with Crippen LogP contribution in [0.1, 0.15) is 31.0 Å². The van der Waals surface area contributed by atoms with Crippen molar-refractivity contribution in [2.75, 3.05) is 18.4 Å². The number of carbonyl (C=O) groups is 2. The Morgan fingerprint density at radius 2 is 1.93 bits per heavy atom. The number of pyridine rings is 1. The minimum atomic E-state index is -0.594. The first-order valence-electron chi connectivity index (χ1n) is 9.69. The number of anilines is 1. The van der Waals surface area contributed by atoms with E-state index in [1.807, 2.05) is 50.2 Å². The molecule has 0 radical (unpaired) electrons. The predicted octanol–water partition coefficient (Wildman–Crippen LogP) is 3.34. The number of hydrogen-bond donors (Lipinski definition) is 1. The molecule has 28 heavy (non-hydrogen) atoms. The van der Waals surface area contributed by atoms with Crippen LogP contribution < -0.4 is 10.1 Å². The van der Waals surface area contributed by atoms with Crippen LogP contribution in [0.25, 0.3) is 0 Å². The normalized spacial score (nSPS) is 17.7. The van der Waals surface area contributed by atoms with Gasteiger partial charge in [-0.3, -0.25) is 9.59 Å². The Morgan fingerprint density at radius 1 is 1.18 bits per heavy atom. The molecule has 1 aromatic heterocycles. The average Bonchev–Trinajstić information content (AvgIpc) is 2.69. The maximum Gasteiger partial charge on any atom is 0.263 e. The number of benzene rings is 1. The molecule has 3 rings (SSSR count). The van der Waals surface area contributed by atoms with Crippen LogP contribution in [0.4, 0.5) is 5.82 Å². The van der Waals surface area contributed by atoms with Crippen LogP contribution in [-0.2, 0) is 9.59 Å². The van der Waals surface area contributed by atoms with Crippen LogP contribution in [0, 0.1) is 19.8 Å². The maximum atomic E-state index is 12.8. The molecule has 1 N–H and O–H groups in total. The molecule has 148 valence electrons. The topological polar surface area (TPSA) is 71.5 Å². The molecule has 0 aliphatic carbocycles. The summed E-state index contributed by atoms with van der Waals surface area (Å²) < 4.78 is 5.79. The second-order valence-electron chi connectivity index (χ2n) is 7.35. The number of amides is 2. The van der Waals surface area contributed by atoms with Crippen molar-refractivity contribution in [1.82, 2.24) is 9.88 Å². The van der Waals surface area contributed by atoms with E-state index >= 15 is 0 Å². The van der Waals surface area contributed by atoms with Gasteiger partial charge in [0.15, 0.2) is 6.10 Å². The zero-order valence-corrected chi connectivity index (χ0v) is 16.6. The number of piperidine rings is 1. The van der Waals surface area contributed by atoms with E-state index in [1.54, 1.807) is 17.9 Å². The number of carbonyl (C=O) groups excluding carboxylic acids is 2. The number of ether oxygens (including phenoxy) is 1. The molecule has 1 fully saturated rings. The number of likely N-dealkylation sites (tertiary alicyclic amines) is 1. The van der Waals surface area contributed by atoms with Crippen LogP contribution in [0.3, 0.4) is 0 Å². The summed E-state index contributed by atoms with van der Waals surface area (Å²) in [5.74, 6) is 0.786. The molecule has 1 aromatic carbocycles. The van der Waals surface area contributed by atoms with Crippen molar-refractivity contribution in [3.05, 3.63) is 53.7 Å². The van der Waals surface area contributed by atoms with E-state index in [2.05, 4.69) is 10.3 Å². The van der Waals surface area contributed by atoms with Gasteiger partial charge in [-0.1, -0.05) is 23.8 Å². The average molecular weight is 381 g/mol. The number of aromatic nitrogens is 1. The third kappa shape index (κ3) is 5.09. The number of hydrogen-bond acceptors (Lipinski definition) is 4. The molecular weight excluding hydrogens is 354 g/mol. The molecule has 1 aliphatic heterocycles. The lowest BCUT2D eigenvalue weighted by Gasteiger charge is -2.33. The van der Waals surface area contributed by atoms with E-state index in [0.717, 1.165) is 24.1 Å². The van der Waals surface area contributed by atoms with Gasteiger partial charge in [0, 0.05) is 18.8 Å². The van der Waals surface area contributed by atoms with Gasteiger partial charge >= 0.3 is 0 Å². The van der Waals surface area contributed by atoms with Gasteiger partial charge < -0.3 is 15.0 Å². The van der Waals surface area contributed by atoms with Crippen LogP contribution in [0.5, 0.6) is 5.75 Å². The monoisotopic (exact) mass is 381 g/mol. The third-order valence-corrected chi connectivity index (χ3v) is 4.93. The Kier molecular flexibility index (Phi) is 6.29. The van der Waals surface area contributed by atoms with E-state index in [-0.39, 0.29) is 17.7 Å². The molecule has 2 amide bonds. The van der Waals surface area contributed by atoms with E-state index in [0.29, 0.717) is 24.7 Å². The first-order chi connectivity index (χ1) is 13.4. The highest BCUT2D eigenvalue weighted by Crippen LogP contribution is 2.21. The molecule has 6 nitrogen and oxygen atoms in total. The molecule has 2 aromatic rings. The molecule has 2 heterocycles. The highest BCUT2D eigenvalue weighted by Gasteiger charge is 2.31. The van der Waals surface area contributed by atoms with Gasteiger partial charge in [0.2, 0.25) is 5.91 Å². The minimum Gasteiger partial charge on any atom is -0.481 e. The highest BCUT2D eigenvalue weighted by atomic mass is 16.5. The van der Waals surface area contributed by atoms with Gasteiger partial charge in [0.05, 0.1) is 5.92 Å². The first-order valence-corrected chi connectivity index (χ1v) is 9.69. The standard InChI is InChI=1S/C22H27N3O3/c1-15-9-11-19(12-10-15)28-17(3)22(27)25-13-5-7-18(14-25)21(26)24-20-8-4-6-16(2)23-20/h4,6,8-12,17-18H,5,7,13-14H2,1-3H3,(H,23,24,26). The SMILES string of the molecule is Cc1ccc(OC(C)C(=O)N2CCCC(C(=O)Nc3cccc(C)n3)C2)cc1. The fourth-order valence-corrected chi connectivity index (χ4v) is 3.36. The zero-order chi connectivity index (χ0) is 20.1. The van der Waals surface area contributed by atoms with E-state index in [9.17, 15) is 9.59 Å². The van der Waals surface area contributed by atoms with Gasteiger partial charge in [-0.25, -0.2) is 4.98 Å². The summed E-state index contributed by atoms with van der Waals surface area (Å²) in [4.78, 5) is 31.5. The van der Waals surface area contributed by atoms with E-state index in [4.69, 9.17) is 4.74 Å². The summed E-state index contributed by atoms with van der Waals surface area (Å²) in [7, 11) is 0. The highest BCUT2D eigenvalue weighted by molar-refractivity contribution is 5.92.